The van der Waals surface area contributed by atoms with Crippen LogP contribution >= 0.6 is 11.8 Å². The van der Waals surface area contributed by atoms with Gasteiger partial charge in [-0.1, -0.05) is 56.8 Å². The lowest BCUT2D eigenvalue weighted by molar-refractivity contribution is -0.113. The summed E-state index contributed by atoms with van der Waals surface area (Å²) in [6.07, 6.45) is 0. The molecule has 0 aliphatic rings. The number of hydrogen-bond acceptors (Lipinski definition) is 6. The second-order valence-corrected chi connectivity index (χ2v) is 8.89. The number of aromatic nitrogens is 3. The number of nitrogens with one attached hydrogen (secondary N) is 2. The van der Waals surface area contributed by atoms with Gasteiger partial charge in [-0.05, 0) is 42.2 Å². The summed E-state index contributed by atoms with van der Waals surface area (Å²) in [7, 11) is 0. The topological polar surface area (TPSA) is 97.0 Å². The molecule has 0 saturated carbocycles. The van der Waals surface area contributed by atoms with Crippen molar-refractivity contribution in [2.75, 3.05) is 17.7 Å². The Morgan fingerprint density at radius 1 is 1.06 bits per heavy atom. The van der Waals surface area contributed by atoms with E-state index in [1.54, 1.807) is 24.3 Å². The zero-order valence-electron chi connectivity index (χ0n) is 18.1. The average molecular weight is 439 g/mol. The highest BCUT2D eigenvalue weighted by Gasteiger charge is 2.15. The number of thioether (sulfide) groups is 1. The standard InChI is InChI=1S/C23H26N4O3S/c1-5-30-18-12-10-17(11-13-18)24-19(28)14-31-22-25-21(29)20(26-27-22)15-6-8-16(9-7-15)23(2,3)4/h6-13H,5,14H2,1-4H3,(H,24,28)(H,25,27,29). The predicted molar refractivity (Wildman–Crippen MR) is 124 cm³/mol. The van der Waals surface area contributed by atoms with E-state index in [1.165, 1.54) is 5.56 Å². The number of ether oxygens (including phenoxy) is 1. The van der Waals surface area contributed by atoms with Gasteiger partial charge in [0, 0.05) is 11.3 Å². The average Bonchev–Trinajstić information content (AvgIpc) is 2.73. The van der Waals surface area contributed by atoms with Gasteiger partial charge in [-0.15, -0.1) is 10.2 Å². The Balaban J connectivity index is 1.60. The minimum atomic E-state index is -0.340. The van der Waals surface area contributed by atoms with Gasteiger partial charge in [-0.2, -0.15) is 0 Å². The predicted octanol–water partition coefficient (Wildman–Crippen LogP) is 4.26. The third-order valence-electron chi connectivity index (χ3n) is 4.49. The van der Waals surface area contributed by atoms with E-state index in [2.05, 4.69) is 41.3 Å². The van der Waals surface area contributed by atoms with Crippen molar-refractivity contribution in [1.82, 2.24) is 15.2 Å². The molecule has 2 N–H and O–H groups in total. The third-order valence-corrected chi connectivity index (χ3v) is 5.35. The Bertz CT molecular complexity index is 1090. The van der Waals surface area contributed by atoms with Crippen LogP contribution in [0.4, 0.5) is 5.69 Å². The minimum Gasteiger partial charge on any atom is -0.494 e. The van der Waals surface area contributed by atoms with Gasteiger partial charge < -0.3 is 10.1 Å². The number of H-pyrrole nitrogens is 1. The molecule has 8 heteroatoms. The normalized spacial score (nSPS) is 11.2. The van der Waals surface area contributed by atoms with Crippen molar-refractivity contribution < 1.29 is 9.53 Å². The number of carbonyl (C=O) groups is 1. The Labute approximate surface area is 185 Å². The van der Waals surface area contributed by atoms with Gasteiger partial charge in [-0.3, -0.25) is 14.6 Å². The Morgan fingerprint density at radius 2 is 1.74 bits per heavy atom. The molecule has 0 aliphatic carbocycles. The number of amides is 1. The van der Waals surface area contributed by atoms with Crippen LogP contribution in [0, 0.1) is 0 Å². The number of hydrogen-bond donors (Lipinski definition) is 2. The lowest BCUT2D eigenvalue weighted by Crippen LogP contribution is -2.17. The molecule has 0 fully saturated rings. The summed E-state index contributed by atoms with van der Waals surface area (Å²) in [6, 6.07) is 14.9. The maximum absolute atomic E-state index is 12.5. The number of aromatic amines is 1. The first-order chi connectivity index (χ1) is 14.8. The van der Waals surface area contributed by atoms with E-state index in [9.17, 15) is 9.59 Å². The van der Waals surface area contributed by atoms with E-state index >= 15 is 0 Å². The summed E-state index contributed by atoms with van der Waals surface area (Å²) in [4.78, 5) is 27.3. The van der Waals surface area contributed by atoms with Crippen molar-refractivity contribution in [2.45, 2.75) is 38.3 Å². The van der Waals surface area contributed by atoms with Crippen LogP contribution in [-0.2, 0) is 10.2 Å². The number of rotatable bonds is 7. The number of benzene rings is 2. The molecule has 0 spiro atoms. The lowest BCUT2D eigenvalue weighted by Gasteiger charge is -2.18. The fourth-order valence-corrected chi connectivity index (χ4v) is 3.44. The quantitative estimate of drug-likeness (QED) is 0.535. The molecule has 2 aromatic carbocycles. The van der Waals surface area contributed by atoms with Crippen LogP contribution in [-0.4, -0.2) is 33.4 Å². The molecule has 7 nitrogen and oxygen atoms in total. The van der Waals surface area contributed by atoms with E-state index in [0.717, 1.165) is 17.5 Å². The highest BCUT2D eigenvalue weighted by atomic mass is 32.2. The zero-order chi connectivity index (χ0) is 22.4. The molecule has 0 saturated heterocycles. The van der Waals surface area contributed by atoms with Gasteiger partial charge in [0.1, 0.15) is 5.75 Å². The first kappa shape index (κ1) is 22.6. The van der Waals surface area contributed by atoms with Crippen LogP contribution < -0.4 is 15.6 Å². The number of anilines is 1. The zero-order valence-corrected chi connectivity index (χ0v) is 18.9. The van der Waals surface area contributed by atoms with Crippen molar-refractivity contribution in [2.24, 2.45) is 0 Å². The number of nitrogens with zero attached hydrogens (tertiary/aromatic N) is 2. The maximum atomic E-state index is 12.5. The molecular weight excluding hydrogens is 412 g/mol. The van der Waals surface area contributed by atoms with E-state index < -0.39 is 0 Å². The first-order valence-corrected chi connectivity index (χ1v) is 11.0. The van der Waals surface area contributed by atoms with Crippen LogP contribution in [0.2, 0.25) is 0 Å². The maximum Gasteiger partial charge on any atom is 0.278 e. The van der Waals surface area contributed by atoms with E-state index in [4.69, 9.17) is 4.74 Å². The van der Waals surface area contributed by atoms with Crippen LogP contribution in [0.25, 0.3) is 11.3 Å². The van der Waals surface area contributed by atoms with Crippen molar-refractivity contribution in [3.05, 3.63) is 64.4 Å². The molecule has 0 atom stereocenters. The van der Waals surface area contributed by atoms with Gasteiger partial charge in [0.2, 0.25) is 5.91 Å². The smallest absolute Gasteiger partial charge is 0.278 e. The van der Waals surface area contributed by atoms with Crippen LogP contribution in [0.1, 0.15) is 33.3 Å². The monoisotopic (exact) mass is 438 g/mol. The molecule has 0 unspecified atom stereocenters. The molecule has 0 aliphatic heterocycles. The molecule has 1 amide bonds. The van der Waals surface area contributed by atoms with Crippen molar-refractivity contribution in [3.63, 3.8) is 0 Å². The van der Waals surface area contributed by atoms with Crippen molar-refractivity contribution >= 4 is 23.4 Å². The summed E-state index contributed by atoms with van der Waals surface area (Å²) in [6.45, 7) is 8.89. The second-order valence-electron chi connectivity index (χ2n) is 7.93. The fourth-order valence-electron chi connectivity index (χ4n) is 2.84. The van der Waals surface area contributed by atoms with Crippen LogP contribution in [0.15, 0.2) is 58.5 Å². The van der Waals surface area contributed by atoms with Gasteiger partial charge in [0.05, 0.1) is 12.4 Å². The first-order valence-electron chi connectivity index (χ1n) is 9.99. The van der Waals surface area contributed by atoms with Crippen molar-refractivity contribution in [3.8, 4) is 17.0 Å². The fraction of sp³-hybridized carbons (Fsp3) is 0.304. The third kappa shape index (κ3) is 6.18. The van der Waals surface area contributed by atoms with E-state index in [-0.39, 0.29) is 28.3 Å². The molecule has 1 heterocycles. The van der Waals surface area contributed by atoms with Crippen molar-refractivity contribution in [1.29, 1.82) is 0 Å². The lowest BCUT2D eigenvalue weighted by atomic mass is 9.86. The highest BCUT2D eigenvalue weighted by Crippen LogP contribution is 2.24. The molecule has 3 aromatic rings. The summed E-state index contributed by atoms with van der Waals surface area (Å²) < 4.78 is 5.38. The van der Waals surface area contributed by atoms with E-state index in [0.29, 0.717) is 23.0 Å². The Morgan fingerprint density at radius 3 is 2.32 bits per heavy atom. The molecule has 31 heavy (non-hydrogen) atoms. The summed E-state index contributed by atoms with van der Waals surface area (Å²) in [5.41, 5.74) is 2.49. The van der Waals surface area contributed by atoms with Crippen LogP contribution in [0.3, 0.4) is 0 Å². The van der Waals surface area contributed by atoms with Gasteiger partial charge in [0.25, 0.3) is 5.56 Å². The van der Waals surface area contributed by atoms with Gasteiger partial charge in [0.15, 0.2) is 10.9 Å². The van der Waals surface area contributed by atoms with E-state index in [1.807, 2.05) is 31.2 Å². The summed E-state index contributed by atoms with van der Waals surface area (Å²) >= 11 is 1.12. The second kappa shape index (κ2) is 9.78. The van der Waals surface area contributed by atoms with Crippen LogP contribution in [0.5, 0.6) is 5.75 Å². The molecule has 0 bridgehead atoms. The molecule has 1 aromatic heterocycles. The largest absolute Gasteiger partial charge is 0.494 e. The minimum absolute atomic E-state index is 0.0308. The Hall–Kier alpha value is -3.13. The molecule has 0 radical (unpaired) electrons. The molecular formula is C23H26N4O3S. The molecule has 162 valence electrons. The SMILES string of the molecule is CCOc1ccc(NC(=O)CSc2nnc(-c3ccc(C(C)(C)C)cc3)c(=O)[nH]2)cc1. The highest BCUT2D eigenvalue weighted by molar-refractivity contribution is 7.99. The molecule has 3 rings (SSSR count). The number of carbonyl (C=O) groups excluding carboxylic acids is 1. The van der Waals surface area contributed by atoms with Gasteiger partial charge in [-0.25, -0.2) is 0 Å². The summed E-state index contributed by atoms with van der Waals surface area (Å²) in [5.74, 6) is 0.631. The Kier molecular flexibility index (Phi) is 7.12. The van der Waals surface area contributed by atoms with Gasteiger partial charge >= 0.3 is 0 Å². The summed E-state index contributed by atoms with van der Waals surface area (Å²) in [5, 5.41) is 11.2.